The standard InChI is InChI=1S/C8H14N2O3/c1-13-6-2-4-10-5-3-7(11)9-8(10)12/h2-6H2,1H3,(H,9,11,12). The minimum atomic E-state index is -0.285. The Morgan fingerprint density at radius 2 is 2.31 bits per heavy atom. The third-order valence-electron chi connectivity index (χ3n) is 1.92. The Kier molecular flexibility index (Phi) is 3.70. The number of nitrogens with one attached hydrogen (secondary N) is 1. The van der Waals surface area contributed by atoms with E-state index in [0.29, 0.717) is 26.1 Å². The van der Waals surface area contributed by atoms with E-state index in [0.717, 1.165) is 6.42 Å². The second-order valence-electron chi connectivity index (χ2n) is 2.94. The van der Waals surface area contributed by atoms with Crippen molar-refractivity contribution >= 4 is 11.9 Å². The molecule has 0 radical (unpaired) electrons. The highest BCUT2D eigenvalue weighted by atomic mass is 16.5. The lowest BCUT2D eigenvalue weighted by Crippen LogP contribution is -2.49. The van der Waals surface area contributed by atoms with Crippen LogP contribution in [0.25, 0.3) is 0 Å². The van der Waals surface area contributed by atoms with E-state index in [-0.39, 0.29) is 11.9 Å². The third kappa shape index (κ3) is 3.02. The molecular weight excluding hydrogens is 172 g/mol. The van der Waals surface area contributed by atoms with Crippen molar-refractivity contribution in [2.75, 3.05) is 26.8 Å². The number of amides is 3. The lowest BCUT2D eigenvalue weighted by atomic mass is 10.3. The Hall–Kier alpha value is -1.10. The van der Waals surface area contributed by atoms with Crippen molar-refractivity contribution in [2.45, 2.75) is 12.8 Å². The Labute approximate surface area is 77.0 Å². The van der Waals surface area contributed by atoms with Gasteiger partial charge in [-0.25, -0.2) is 4.79 Å². The average molecular weight is 186 g/mol. The predicted molar refractivity (Wildman–Crippen MR) is 46.2 cm³/mol. The van der Waals surface area contributed by atoms with E-state index in [4.69, 9.17) is 4.74 Å². The normalized spacial score (nSPS) is 17.5. The highest BCUT2D eigenvalue weighted by Gasteiger charge is 2.21. The Balaban J connectivity index is 2.26. The molecule has 1 aliphatic heterocycles. The van der Waals surface area contributed by atoms with Crippen molar-refractivity contribution in [1.29, 1.82) is 0 Å². The second-order valence-corrected chi connectivity index (χ2v) is 2.94. The molecule has 1 saturated heterocycles. The molecule has 0 bridgehead atoms. The molecule has 5 heteroatoms. The molecule has 3 amide bonds. The maximum absolute atomic E-state index is 11.2. The molecule has 0 unspecified atom stereocenters. The van der Waals surface area contributed by atoms with Crippen LogP contribution in [-0.2, 0) is 9.53 Å². The van der Waals surface area contributed by atoms with Gasteiger partial charge in [-0.3, -0.25) is 10.1 Å². The SMILES string of the molecule is COCCCN1CCC(=O)NC1=O. The topological polar surface area (TPSA) is 58.6 Å². The fraction of sp³-hybridized carbons (Fsp3) is 0.750. The minimum Gasteiger partial charge on any atom is -0.385 e. The minimum absolute atomic E-state index is 0.187. The molecule has 1 rings (SSSR count). The number of nitrogens with zero attached hydrogens (tertiary/aromatic N) is 1. The molecule has 0 aromatic heterocycles. The summed E-state index contributed by atoms with van der Waals surface area (Å²) in [7, 11) is 1.62. The first-order chi connectivity index (χ1) is 6.24. The number of hydrogen-bond acceptors (Lipinski definition) is 3. The molecule has 0 aromatic carbocycles. The van der Waals surface area contributed by atoms with Crippen LogP contribution in [0.1, 0.15) is 12.8 Å². The van der Waals surface area contributed by atoms with Crippen LogP contribution in [0.15, 0.2) is 0 Å². The fourth-order valence-corrected chi connectivity index (χ4v) is 1.21. The van der Waals surface area contributed by atoms with Crippen LogP contribution in [0.2, 0.25) is 0 Å². The maximum atomic E-state index is 11.2. The molecule has 0 atom stereocenters. The highest BCUT2D eigenvalue weighted by molar-refractivity contribution is 5.96. The van der Waals surface area contributed by atoms with Crippen LogP contribution in [0.4, 0.5) is 4.79 Å². The smallest absolute Gasteiger partial charge is 0.324 e. The molecule has 5 nitrogen and oxygen atoms in total. The molecule has 0 aromatic rings. The largest absolute Gasteiger partial charge is 0.385 e. The summed E-state index contributed by atoms with van der Waals surface area (Å²) in [5.74, 6) is -0.187. The Bertz CT molecular complexity index is 206. The van der Waals surface area contributed by atoms with Gasteiger partial charge in [0.05, 0.1) is 0 Å². The summed E-state index contributed by atoms with van der Waals surface area (Å²) in [5, 5.41) is 2.26. The van der Waals surface area contributed by atoms with Gasteiger partial charge in [0.15, 0.2) is 0 Å². The summed E-state index contributed by atoms with van der Waals surface area (Å²) >= 11 is 0. The van der Waals surface area contributed by atoms with Crippen molar-refractivity contribution in [3.05, 3.63) is 0 Å². The Morgan fingerprint density at radius 1 is 1.54 bits per heavy atom. The van der Waals surface area contributed by atoms with Crippen LogP contribution in [0.3, 0.4) is 0 Å². The highest BCUT2D eigenvalue weighted by Crippen LogP contribution is 2.01. The van der Waals surface area contributed by atoms with Gasteiger partial charge in [0.2, 0.25) is 5.91 Å². The van der Waals surface area contributed by atoms with Gasteiger partial charge in [-0.1, -0.05) is 0 Å². The molecule has 13 heavy (non-hydrogen) atoms. The first-order valence-electron chi connectivity index (χ1n) is 4.31. The van der Waals surface area contributed by atoms with E-state index in [1.54, 1.807) is 12.0 Å². The van der Waals surface area contributed by atoms with Crippen LogP contribution in [-0.4, -0.2) is 43.6 Å². The monoisotopic (exact) mass is 186 g/mol. The van der Waals surface area contributed by atoms with Gasteiger partial charge in [0.1, 0.15) is 0 Å². The molecule has 1 aliphatic rings. The van der Waals surface area contributed by atoms with Crippen LogP contribution >= 0.6 is 0 Å². The lowest BCUT2D eigenvalue weighted by molar-refractivity contribution is -0.121. The number of ether oxygens (including phenoxy) is 1. The van der Waals surface area contributed by atoms with Gasteiger partial charge >= 0.3 is 6.03 Å². The number of imide groups is 1. The first-order valence-corrected chi connectivity index (χ1v) is 4.31. The van der Waals surface area contributed by atoms with E-state index >= 15 is 0 Å². The van der Waals surface area contributed by atoms with E-state index in [1.165, 1.54) is 0 Å². The number of hydrogen-bond donors (Lipinski definition) is 1. The lowest BCUT2D eigenvalue weighted by Gasteiger charge is -2.26. The predicted octanol–water partition coefficient (Wildman–Crippen LogP) is -0.0352. The second kappa shape index (κ2) is 4.81. The number of rotatable bonds is 4. The van der Waals surface area contributed by atoms with Crippen LogP contribution in [0, 0.1) is 0 Å². The summed E-state index contributed by atoms with van der Waals surface area (Å²) in [6, 6.07) is -0.285. The molecule has 1 heterocycles. The third-order valence-corrected chi connectivity index (χ3v) is 1.92. The molecular formula is C8H14N2O3. The van der Waals surface area contributed by atoms with Gasteiger partial charge in [-0.05, 0) is 6.42 Å². The van der Waals surface area contributed by atoms with Crippen LogP contribution in [0.5, 0.6) is 0 Å². The number of carbonyl (C=O) groups excluding carboxylic acids is 2. The molecule has 0 spiro atoms. The maximum Gasteiger partial charge on any atom is 0.324 e. The van der Waals surface area contributed by atoms with Crippen molar-refractivity contribution in [1.82, 2.24) is 10.2 Å². The summed E-state index contributed by atoms with van der Waals surface area (Å²) in [5.41, 5.74) is 0. The van der Waals surface area contributed by atoms with Gasteiger partial charge in [0, 0.05) is 33.2 Å². The zero-order chi connectivity index (χ0) is 9.68. The summed E-state index contributed by atoms with van der Waals surface area (Å²) < 4.78 is 4.86. The van der Waals surface area contributed by atoms with Crippen molar-refractivity contribution in [3.63, 3.8) is 0 Å². The molecule has 1 N–H and O–H groups in total. The summed E-state index contributed by atoms with van der Waals surface area (Å²) in [6.45, 7) is 1.80. The first kappa shape index (κ1) is 9.98. The van der Waals surface area contributed by atoms with E-state index in [1.807, 2.05) is 0 Å². The van der Waals surface area contributed by atoms with Gasteiger partial charge < -0.3 is 9.64 Å². The number of carbonyl (C=O) groups is 2. The van der Waals surface area contributed by atoms with Crippen molar-refractivity contribution < 1.29 is 14.3 Å². The number of urea groups is 1. The van der Waals surface area contributed by atoms with Crippen LogP contribution < -0.4 is 5.32 Å². The fourth-order valence-electron chi connectivity index (χ4n) is 1.21. The van der Waals surface area contributed by atoms with Gasteiger partial charge in [-0.2, -0.15) is 0 Å². The molecule has 0 saturated carbocycles. The molecule has 0 aliphatic carbocycles. The molecule has 74 valence electrons. The van der Waals surface area contributed by atoms with Crippen molar-refractivity contribution in [3.8, 4) is 0 Å². The quantitative estimate of drug-likeness (QED) is 0.627. The Morgan fingerprint density at radius 3 is 2.92 bits per heavy atom. The average Bonchev–Trinajstić information content (AvgIpc) is 2.09. The zero-order valence-corrected chi connectivity index (χ0v) is 7.71. The van der Waals surface area contributed by atoms with Crippen molar-refractivity contribution in [2.24, 2.45) is 0 Å². The van der Waals surface area contributed by atoms with E-state index < -0.39 is 0 Å². The van der Waals surface area contributed by atoms with E-state index in [2.05, 4.69) is 5.32 Å². The van der Waals surface area contributed by atoms with Gasteiger partial charge in [-0.15, -0.1) is 0 Å². The molecule has 1 fully saturated rings. The summed E-state index contributed by atoms with van der Waals surface area (Å²) in [4.78, 5) is 23.5. The number of methoxy groups -OCH3 is 1. The zero-order valence-electron chi connectivity index (χ0n) is 7.71. The summed E-state index contributed by atoms with van der Waals surface area (Å²) in [6.07, 6.45) is 1.21. The van der Waals surface area contributed by atoms with Gasteiger partial charge in [0.25, 0.3) is 0 Å². The van der Waals surface area contributed by atoms with E-state index in [9.17, 15) is 9.59 Å².